The van der Waals surface area contributed by atoms with Crippen molar-refractivity contribution in [2.45, 2.75) is 45.7 Å². The molecule has 0 saturated heterocycles. The molecule has 0 aliphatic heterocycles. The van der Waals surface area contributed by atoms with Crippen molar-refractivity contribution < 1.29 is 9.47 Å². The predicted molar refractivity (Wildman–Crippen MR) is 147 cm³/mol. The lowest BCUT2D eigenvalue weighted by atomic mass is 10.1. The minimum absolute atomic E-state index is 0.793. The van der Waals surface area contributed by atoms with Crippen molar-refractivity contribution in [2.24, 2.45) is 11.8 Å². The summed E-state index contributed by atoms with van der Waals surface area (Å²) in [5.41, 5.74) is 7.30. The minimum atomic E-state index is 0.793. The van der Waals surface area contributed by atoms with Gasteiger partial charge in [0, 0.05) is 63.8 Å². The lowest BCUT2D eigenvalue weighted by molar-refractivity contribution is 0.415. The maximum absolute atomic E-state index is 5.60. The second kappa shape index (κ2) is 8.41. The molecule has 6 heteroatoms. The van der Waals surface area contributed by atoms with E-state index in [9.17, 15) is 0 Å². The van der Waals surface area contributed by atoms with Gasteiger partial charge < -0.3 is 18.6 Å². The number of benzene rings is 2. The highest BCUT2D eigenvalue weighted by Gasteiger charge is 2.27. The van der Waals surface area contributed by atoms with E-state index in [-0.39, 0.29) is 0 Å². The van der Waals surface area contributed by atoms with Gasteiger partial charge in [0.25, 0.3) is 0 Å². The molecule has 2 fully saturated rings. The Labute approximate surface area is 215 Å². The van der Waals surface area contributed by atoms with Gasteiger partial charge >= 0.3 is 0 Å². The van der Waals surface area contributed by atoms with Crippen molar-refractivity contribution in [3.8, 4) is 33.3 Å². The highest BCUT2D eigenvalue weighted by molar-refractivity contribution is 7.13. The van der Waals surface area contributed by atoms with Crippen LogP contribution in [0.4, 0.5) is 0 Å². The molecule has 0 bridgehead atoms. The van der Waals surface area contributed by atoms with Gasteiger partial charge in [-0.05, 0) is 74.8 Å². The Balaban J connectivity index is 1.36. The fraction of sp³-hybridized carbons (Fsp3) is 0.367. The summed E-state index contributed by atoms with van der Waals surface area (Å²) in [6, 6.07) is 12.9. The van der Waals surface area contributed by atoms with Crippen LogP contribution in [0.1, 0.15) is 31.4 Å². The van der Waals surface area contributed by atoms with E-state index in [1.54, 1.807) is 25.6 Å². The fourth-order valence-electron chi connectivity index (χ4n) is 5.52. The van der Waals surface area contributed by atoms with Gasteiger partial charge in [-0.2, -0.15) is 0 Å². The summed E-state index contributed by atoms with van der Waals surface area (Å²) in [4.78, 5) is 5.25. The topological polar surface area (TPSA) is 41.2 Å². The Hall–Kier alpha value is -3.25. The van der Waals surface area contributed by atoms with Crippen molar-refractivity contribution in [3.63, 3.8) is 0 Å². The number of hydrogen-bond donors (Lipinski definition) is 0. The van der Waals surface area contributed by atoms with Gasteiger partial charge in [-0.25, -0.2) is 4.98 Å². The molecule has 3 aromatic heterocycles. The van der Waals surface area contributed by atoms with Gasteiger partial charge in [0.1, 0.15) is 16.5 Å². The first-order valence-electron chi connectivity index (χ1n) is 12.9. The number of rotatable bonds is 8. The van der Waals surface area contributed by atoms with Crippen LogP contribution in [0.15, 0.2) is 48.0 Å². The van der Waals surface area contributed by atoms with E-state index in [0.717, 1.165) is 47.1 Å². The van der Waals surface area contributed by atoms with Gasteiger partial charge in [-0.15, -0.1) is 11.3 Å². The van der Waals surface area contributed by atoms with Crippen molar-refractivity contribution >= 4 is 33.1 Å². The standard InChI is InChI=1S/C30H31N3O2S/c1-18-29(24-12-21(34-2)9-11-27(24)33(18)15-20-6-7-20)26-17-36-30(31-26)25-16-32(14-19-4-5-19)28-13-22(35-3)8-10-23(25)28/h8-13,16-17,19-20H,4-7,14-15H2,1-3H3. The second-order valence-corrected chi connectivity index (χ2v) is 11.3. The summed E-state index contributed by atoms with van der Waals surface area (Å²) in [5.74, 6) is 3.38. The Morgan fingerprint density at radius 2 is 1.61 bits per heavy atom. The first-order chi connectivity index (χ1) is 17.6. The van der Waals surface area contributed by atoms with Crippen LogP contribution in [0.5, 0.6) is 11.5 Å². The van der Waals surface area contributed by atoms with Crippen LogP contribution in [-0.4, -0.2) is 28.3 Å². The van der Waals surface area contributed by atoms with Crippen LogP contribution < -0.4 is 9.47 Å². The van der Waals surface area contributed by atoms with E-state index < -0.39 is 0 Å². The van der Waals surface area contributed by atoms with Crippen LogP contribution >= 0.6 is 11.3 Å². The average molecular weight is 498 g/mol. The Morgan fingerprint density at radius 1 is 0.889 bits per heavy atom. The van der Waals surface area contributed by atoms with Crippen LogP contribution in [0.25, 0.3) is 43.6 Å². The van der Waals surface area contributed by atoms with E-state index in [1.807, 2.05) is 0 Å². The van der Waals surface area contributed by atoms with E-state index in [4.69, 9.17) is 14.5 Å². The van der Waals surface area contributed by atoms with Gasteiger partial charge in [-0.1, -0.05) is 0 Å². The molecule has 5 aromatic rings. The molecule has 0 spiro atoms. The van der Waals surface area contributed by atoms with Gasteiger partial charge in [0.05, 0.1) is 25.4 Å². The lowest BCUT2D eigenvalue weighted by Gasteiger charge is -2.07. The third-order valence-electron chi connectivity index (χ3n) is 7.90. The van der Waals surface area contributed by atoms with E-state index in [2.05, 4.69) is 64.0 Å². The maximum Gasteiger partial charge on any atom is 0.126 e. The third kappa shape index (κ3) is 3.70. The SMILES string of the molecule is COc1ccc2c(c1)c(-c1csc(-c3cn(CC4CC4)c4cc(OC)ccc34)n1)c(C)n2CC1CC1. The van der Waals surface area contributed by atoms with E-state index in [1.165, 1.54) is 64.3 Å². The second-order valence-electron chi connectivity index (χ2n) is 10.5. The lowest BCUT2D eigenvalue weighted by Crippen LogP contribution is -2.01. The number of methoxy groups -OCH3 is 2. The zero-order valence-electron chi connectivity index (χ0n) is 21.1. The van der Waals surface area contributed by atoms with Crippen molar-refractivity contribution in [1.82, 2.24) is 14.1 Å². The molecular weight excluding hydrogens is 466 g/mol. The molecule has 36 heavy (non-hydrogen) atoms. The van der Waals surface area contributed by atoms with Crippen molar-refractivity contribution in [1.29, 1.82) is 0 Å². The normalized spacial score (nSPS) is 15.8. The molecule has 2 saturated carbocycles. The number of nitrogens with zero attached hydrogens (tertiary/aromatic N) is 3. The zero-order valence-corrected chi connectivity index (χ0v) is 21.9. The van der Waals surface area contributed by atoms with Crippen LogP contribution in [0, 0.1) is 18.8 Å². The molecule has 5 nitrogen and oxygen atoms in total. The summed E-state index contributed by atoms with van der Waals surface area (Å²) in [6.07, 6.45) is 7.63. The number of fused-ring (bicyclic) bond motifs is 2. The monoisotopic (exact) mass is 497 g/mol. The van der Waals surface area contributed by atoms with E-state index >= 15 is 0 Å². The summed E-state index contributed by atoms with van der Waals surface area (Å²) in [6.45, 7) is 4.40. The number of thiazole rings is 1. The third-order valence-corrected chi connectivity index (χ3v) is 8.78. The Morgan fingerprint density at radius 3 is 2.36 bits per heavy atom. The van der Waals surface area contributed by atoms with Crippen LogP contribution in [0.2, 0.25) is 0 Å². The molecule has 184 valence electrons. The Bertz CT molecular complexity index is 1600. The highest BCUT2D eigenvalue weighted by atomic mass is 32.1. The van der Waals surface area contributed by atoms with Crippen molar-refractivity contribution in [2.75, 3.05) is 14.2 Å². The first kappa shape index (κ1) is 22.0. The largest absolute Gasteiger partial charge is 0.497 e. The number of hydrogen-bond acceptors (Lipinski definition) is 4. The summed E-state index contributed by atoms with van der Waals surface area (Å²) < 4.78 is 16.0. The number of aromatic nitrogens is 3. The van der Waals surface area contributed by atoms with Gasteiger partial charge in [0.2, 0.25) is 0 Å². The van der Waals surface area contributed by atoms with Crippen LogP contribution in [0.3, 0.4) is 0 Å². The van der Waals surface area contributed by atoms with Gasteiger partial charge in [-0.3, -0.25) is 0 Å². The molecular formula is C30H31N3O2S. The molecule has 7 rings (SSSR count). The highest BCUT2D eigenvalue weighted by Crippen LogP contribution is 2.43. The summed E-state index contributed by atoms with van der Waals surface area (Å²) in [7, 11) is 3.47. The zero-order chi connectivity index (χ0) is 24.4. The molecule has 2 aliphatic carbocycles. The molecule has 2 aliphatic rings. The average Bonchev–Trinajstić information content (AvgIpc) is 3.80. The van der Waals surface area contributed by atoms with Crippen LogP contribution in [-0.2, 0) is 13.1 Å². The molecule has 0 atom stereocenters. The molecule has 3 heterocycles. The van der Waals surface area contributed by atoms with E-state index in [0.29, 0.717) is 0 Å². The quantitative estimate of drug-likeness (QED) is 0.222. The fourth-order valence-corrected chi connectivity index (χ4v) is 6.35. The summed E-state index contributed by atoms with van der Waals surface area (Å²) in [5, 5.41) is 5.77. The Kier molecular flexibility index (Phi) is 5.14. The molecule has 0 amide bonds. The smallest absolute Gasteiger partial charge is 0.126 e. The molecule has 0 unspecified atom stereocenters. The number of ether oxygens (including phenoxy) is 2. The molecule has 0 N–H and O–H groups in total. The van der Waals surface area contributed by atoms with Gasteiger partial charge in [0.15, 0.2) is 0 Å². The maximum atomic E-state index is 5.60. The molecule has 2 aromatic carbocycles. The minimum Gasteiger partial charge on any atom is -0.497 e. The predicted octanol–water partition coefficient (Wildman–Crippen LogP) is 7.53. The first-order valence-corrected chi connectivity index (χ1v) is 13.8. The molecule has 0 radical (unpaired) electrons. The van der Waals surface area contributed by atoms with Crippen molar-refractivity contribution in [3.05, 3.63) is 53.7 Å². The summed E-state index contributed by atoms with van der Waals surface area (Å²) >= 11 is 1.74.